The first kappa shape index (κ1) is 11.1. The lowest BCUT2D eigenvalue weighted by atomic mass is 10.2. The normalized spacial score (nSPS) is 13.1. The molecule has 0 spiro atoms. The molecule has 3 nitrogen and oxygen atoms in total. The number of aliphatic hydroxyl groups excluding tert-OH is 1. The van der Waals surface area contributed by atoms with Gasteiger partial charge in [-0.2, -0.15) is 0 Å². The number of hydrogen-bond donors (Lipinski definition) is 1. The summed E-state index contributed by atoms with van der Waals surface area (Å²) in [5, 5.41) is 10.1. The van der Waals surface area contributed by atoms with Crippen molar-refractivity contribution in [3.63, 3.8) is 0 Å². The van der Waals surface area contributed by atoms with E-state index in [-0.39, 0.29) is 0 Å². The minimum atomic E-state index is -0.445. The van der Waals surface area contributed by atoms with Crippen molar-refractivity contribution in [1.29, 1.82) is 0 Å². The average Bonchev–Trinajstić information content (AvgIpc) is 2.73. The van der Waals surface area contributed by atoms with Gasteiger partial charge in [0.2, 0.25) is 0 Å². The highest BCUT2D eigenvalue weighted by Crippen LogP contribution is 2.19. The summed E-state index contributed by atoms with van der Waals surface area (Å²) in [7, 11) is 0. The first-order valence-electron chi connectivity index (χ1n) is 5.92. The smallest absolute Gasteiger partial charge is 0.132 e. The van der Waals surface area contributed by atoms with Crippen LogP contribution in [0.15, 0.2) is 30.6 Å². The van der Waals surface area contributed by atoms with Gasteiger partial charge in [-0.3, -0.25) is 0 Å². The largest absolute Gasteiger partial charge is 0.373 e. The summed E-state index contributed by atoms with van der Waals surface area (Å²) in [5.41, 5.74) is 1.95. The highest BCUT2D eigenvalue weighted by atomic mass is 16.3. The summed E-state index contributed by atoms with van der Waals surface area (Å²) >= 11 is 0. The van der Waals surface area contributed by atoms with Gasteiger partial charge in [0.25, 0.3) is 0 Å². The fourth-order valence-corrected chi connectivity index (χ4v) is 1.93. The molecular formula is C13H18N2O. The zero-order valence-electron chi connectivity index (χ0n) is 9.63. The number of benzene rings is 1. The fraction of sp³-hybridized carbons (Fsp3) is 0.462. The van der Waals surface area contributed by atoms with Gasteiger partial charge >= 0.3 is 0 Å². The fourth-order valence-electron chi connectivity index (χ4n) is 1.93. The Labute approximate surface area is 95.7 Å². The summed E-state index contributed by atoms with van der Waals surface area (Å²) in [5.74, 6) is 0. The van der Waals surface area contributed by atoms with Crippen LogP contribution in [0.5, 0.6) is 0 Å². The second kappa shape index (κ2) is 5.12. The number of aliphatic hydroxyl groups is 1. The van der Waals surface area contributed by atoms with Gasteiger partial charge < -0.3 is 9.67 Å². The van der Waals surface area contributed by atoms with Crippen LogP contribution in [-0.4, -0.2) is 14.7 Å². The Balaban J connectivity index is 2.13. The molecule has 0 saturated carbocycles. The first-order chi connectivity index (χ1) is 7.83. The van der Waals surface area contributed by atoms with E-state index in [4.69, 9.17) is 0 Å². The molecule has 1 heterocycles. The third-order valence-electron chi connectivity index (χ3n) is 2.87. The van der Waals surface area contributed by atoms with Crippen molar-refractivity contribution in [2.45, 2.75) is 38.8 Å². The Morgan fingerprint density at radius 1 is 1.31 bits per heavy atom. The third-order valence-corrected chi connectivity index (χ3v) is 2.87. The van der Waals surface area contributed by atoms with Crippen LogP contribution in [0.2, 0.25) is 0 Å². The van der Waals surface area contributed by atoms with Crippen molar-refractivity contribution < 1.29 is 5.11 Å². The quantitative estimate of drug-likeness (QED) is 0.783. The van der Waals surface area contributed by atoms with Gasteiger partial charge in [0.15, 0.2) is 0 Å². The summed E-state index contributed by atoms with van der Waals surface area (Å²) in [4.78, 5) is 4.27. The highest BCUT2D eigenvalue weighted by molar-refractivity contribution is 5.74. The maximum Gasteiger partial charge on any atom is 0.132 e. The van der Waals surface area contributed by atoms with Gasteiger partial charge in [-0.25, -0.2) is 4.98 Å². The van der Waals surface area contributed by atoms with Crippen molar-refractivity contribution in [3.05, 3.63) is 30.6 Å². The summed E-state index contributed by atoms with van der Waals surface area (Å²) in [6, 6.07) is 7.89. The van der Waals surface area contributed by atoms with Gasteiger partial charge in [0.05, 0.1) is 17.4 Å². The first-order valence-corrected chi connectivity index (χ1v) is 5.92. The number of unbranched alkanes of at least 4 members (excludes halogenated alkanes) is 2. The second-order valence-corrected chi connectivity index (χ2v) is 4.12. The molecule has 1 N–H and O–H groups in total. The lowest BCUT2D eigenvalue weighted by molar-refractivity contribution is 0.0955. The lowest BCUT2D eigenvalue weighted by Gasteiger charge is -2.12. The topological polar surface area (TPSA) is 38.0 Å². The van der Waals surface area contributed by atoms with Crippen LogP contribution in [0, 0.1) is 0 Å². The summed E-state index contributed by atoms with van der Waals surface area (Å²) < 4.78 is 1.85. The molecule has 0 aliphatic carbocycles. The van der Waals surface area contributed by atoms with Crippen LogP contribution in [0.1, 0.15) is 38.8 Å². The molecule has 1 aromatic heterocycles. The van der Waals surface area contributed by atoms with Crippen LogP contribution in [0.3, 0.4) is 0 Å². The van der Waals surface area contributed by atoms with E-state index < -0.39 is 6.23 Å². The number of fused-ring (bicyclic) bond motifs is 1. The monoisotopic (exact) mass is 218 g/mol. The predicted molar refractivity (Wildman–Crippen MR) is 65.1 cm³/mol. The van der Waals surface area contributed by atoms with E-state index in [1.807, 2.05) is 28.8 Å². The Morgan fingerprint density at radius 3 is 2.94 bits per heavy atom. The molecule has 16 heavy (non-hydrogen) atoms. The molecule has 1 aromatic carbocycles. The number of nitrogens with zero attached hydrogens (tertiary/aromatic N) is 2. The standard InChI is InChI=1S/C13H18N2O/c1-2-3-4-9-13(16)15-10-14-11-7-5-6-8-12(11)15/h5-8,10,13,16H,2-4,9H2,1H3. The summed E-state index contributed by atoms with van der Waals surface area (Å²) in [6.07, 6.45) is 5.49. The van der Waals surface area contributed by atoms with E-state index in [1.54, 1.807) is 6.33 Å². The van der Waals surface area contributed by atoms with Crippen LogP contribution in [0.4, 0.5) is 0 Å². The van der Waals surface area contributed by atoms with E-state index in [1.165, 1.54) is 12.8 Å². The number of aromatic nitrogens is 2. The van der Waals surface area contributed by atoms with Gasteiger partial charge in [-0.1, -0.05) is 31.9 Å². The molecule has 0 radical (unpaired) electrons. The molecule has 0 aliphatic heterocycles. The summed E-state index contributed by atoms with van der Waals surface area (Å²) in [6.45, 7) is 2.17. The Morgan fingerprint density at radius 2 is 2.12 bits per heavy atom. The van der Waals surface area contributed by atoms with Crippen LogP contribution >= 0.6 is 0 Å². The van der Waals surface area contributed by atoms with Gasteiger partial charge in [-0.05, 0) is 25.0 Å². The number of rotatable bonds is 5. The maximum atomic E-state index is 10.1. The van der Waals surface area contributed by atoms with Gasteiger partial charge in [0.1, 0.15) is 6.23 Å². The molecule has 86 valence electrons. The second-order valence-electron chi connectivity index (χ2n) is 4.12. The SMILES string of the molecule is CCCCCC(O)n1cnc2ccccc21. The molecule has 3 heteroatoms. The molecular weight excluding hydrogens is 200 g/mol. The predicted octanol–water partition coefficient (Wildman–Crippen LogP) is 3.11. The van der Waals surface area contributed by atoms with Crippen molar-refractivity contribution >= 4 is 11.0 Å². The van der Waals surface area contributed by atoms with Crippen LogP contribution < -0.4 is 0 Å². The highest BCUT2D eigenvalue weighted by Gasteiger charge is 2.09. The molecule has 0 bridgehead atoms. The molecule has 0 aliphatic rings. The third kappa shape index (κ3) is 2.25. The maximum absolute atomic E-state index is 10.1. The minimum Gasteiger partial charge on any atom is -0.373 e. The Hall–Kier alpha value is -1.35. The molecule has 0 fully saturated rings. The molecule has 1 unspecified atom stereocenters. The molecule has 1 atom stereocenters. The van der Waals surface area contributed by atoms with E-state index in [0.717, 1.165) is 23.9 Å². The molecule has 0 amide bonds. The average molecular weight is 218 g/mol. The van der Waals surface area contributed by atoms with Gasteiger partial charge in [0, 0.05) is 0 Å². The van der Waals surface area contributed by atoms with Crippen LogP contribution in [0.25, 0.3) is 11.0 Å². The number of hydrogen-bond acceptors (Lipinski definition) is 2. The number of para-hydroxylation sites is 2. The van der Waals surface area contributed by atoms with E-state index in [2.05, 4.69) is 11.9 Å². The van der Waals surface area contributed by atoms with Crippen LogP contribution in [-0.2, 0) is 0 Å². The van der Waals surface area contributed by atoms with E-state index in [9.17, 15) is 5.11 Å². The zero-order valence-corrected chi connectivity index (χ0v) is 9.63. The van der Waals surface area contributed by atoms with Crippen molar-refractivity contribution in [2.75, 3.05) is 0 Å². The Kier molecular flexibility index (Phi) is 3.57. The van der Waals surface area contributed by atoms with Gasteiger partial charge in [-0.15, -0.1) is 0 Å². The van der Waals surface area contributed by atoms with Crippen molar-refractivity contribution in [3.8, 4) is 0 Å². The van der Waals surface area contributed by atoms with Crippen molar-refractivity contribution in [1.82, 2.24) is 9.55 Å². The van der Waals surface area contributed by atoms with E-state index in [0.29, 0.717) is 0 Å². The lowest BCUT2D eigenvalue weighted by Crippen LogP contribution is -2.06. The zero-order chi connectivity index (χ0) is 11.4. The molecule has 2 aromatic rings. The van der Waals surface area contributed by atoms with E-state index >= 15 is 0 Å². The number of imidazole rings is 1. The molecule has 2 rings (SSSR count). The Bertz CT molecular complexity index is 450. The van der Waals surface area contributed by atoms with Crippen molar-refractivity contribution in [2.24, 2.45) is 0 Å². The molecule has 0 saturated heterocycles. The minimum absolute atomic E-state index is 0.445.